The van der Waals surface area contributed by atoms with Crippen LogP contribution in [-0.4, -0.2) is 59.8 Å². The van der Waals surface area contributed by atoms with Crippen LogP contribution in [0.4, 0.5) is 30.5 Å². The normalized spacial score (nSPS) is 19.6. The molecule has 210 valence electrons. The zero-order valence-corrected chi connectivity index (χ0v) is 22.0. The molecule has 0 saturated heterocycles. The summed E-state index contributed by atoms with van der Waals surface area (Å²) < 4.78 is 66.8. The molecule has 2 atom stereocenters. The van der Waals surface area contributed by atoms with Crippen molar-refractivity contribution < 1.29 is 21.6 Å². The third-order valence-corrected chi connectivity index (χ3v) is 8.93. The number of halogens is 3. The van der Waals surface area contributed by atoms with Crippen LogP contribution in [0.2, 0.25) is 0 Å². The minimum atomic E-state index is -3.52. The first kappa shape index (κ1) is 26.2. The molecule has 4 aromatic heterocycles. The number of alkyl halides is 3. The summed E-state index contributed by atoms with van der Waals surface area (Å²) in [4.78, 5) is 13.1. The maximum absolute atomic E-state index is 14.1. The van der Waals surface area contributed by atoms with E-state index in [-0.39, 0.29) is 11.9 Å². The molecule has 40 heavy (non-hydrogen) atoms. The van der Waals surface area contributed by atoms with Gasteiger partial charge < -0.3 is 10.6 Å². The predicted molar refractivity (Wildman–Crippen MR) is 141 cm³/mol. The van der Waals surface area contributed by atoms with Crippen LogP contribution in [0.3, 0.4) is 0 Å². The molecular formula is C25H26F3N9O2S. The number of rotatable bonds is 9. The van der Waals surface area contributed by atoms with Crippen molar-refractivity contribution in [3.8, 4) is 22.6 Å². The van der Waals surface area contributed by atoms with Gasteiger partial charge >= 0.3 is 6.55 Å². The van der Waals surface area contributed by atoms with E-state index in [1.807, 2.05) is 0 Å². The topological polar surface area (TPSA) is 133 Å². The van der Waals surface area contributed by atoms with E-state index in [2.05, 4.69) is 35.8 Å². The second kappa shape index (κ2) is 10.5. The highest BCUT2D eigenvalue weighted by atomic mass is 32.2. The van der Waals surface area contributed by atoms with Gasteiger partial charge in [0.15, 0.2) is 5.82 Å². The maximum Gasteiger partial charge on any atom is 0.333 e. The molecule has 2 fully saturated rings. The molecule has 0 aliphatic heterocycles. The van der Waals surface area contributed by atoms with Crippen LogP contribution in [0.1, 0.15) is 45.1 Å². The Balaban J connectivity index is 1.27. The summed E-state index contributed by atoms with van der Waals surface area (Å²) in [6, 6.07) is 4.65. The monoisotopic (exact) mass is 573 g/mol. The Hall–Kier alpha value is -4.01. The van der Waals surface area contributed by atoms with Gasteiger partial charge in [-0.1, -0.05) is 0 Å². The lowest BCUT2D eigenvalue weighted by Crippen LogP contribution is -2.28. The van der Waals surface area contributed by atoms with Crippen LogP contribution in [0.5, 0.6) is 0 Å². The lowest BCUT2D eigenvalue weighted by molar-refractivity contribution is 0.0568. The van der Waals surface area contributed by atoms with Crippen LogP contribution in [0.25, 0.3) is 22.6 Å². The minimum Gasteiger partial charge on any atom is -0.382 e. The zero-order valence-electron chi connectivity index (χ0n) is 21.2. The first-order chi connectivity index (χ1) is 19.3. The van der Waals surface area contributed by atoms with Gasteiger partial charge in [-0.05, 0) is 50.7 Å². The van der Waals surface area contributed by atoms with E-state index in [1.165, 1.54) is 37.1 Å². The van der Waals surface area contributed by atoms with Crippen molar-refractivity contribution in [2.45, 2.75) is 62.5 Å². The molecule has 2 unspecified atom stereocenters. The van der Waals surface area contributed by atoms with Crippen molar-refractivity contribution in [2.75, 3.05) is 10.6 Å². The Morgan fingerprint density at radius 2 is 1.90 bits per heavy atom. The standard InChI is InChI=1S/C25H26F3N9O2S/c26-16-2-1-3-17(10-16)32-21-11-23(30-13-19(21)20-7-9-36(35-20)25(27)28)33-22-6-8-29-24(34-22)15-12-31-37(14-15)40(38,39)18-4-5-18/h6-9,11-14,16-18,25H,1-5,10H2,(H2,29,30,32,33,34). The average Bonchev–Trinajstić information content (AvgIpc) is 3.47. The third kappa shape index (κ3) is 5.50. The Morgan fingerprint density at radius 1 is 1.05 bits per heavy atom. The number of hydrogen-bond donors (Lipinski definition) is 2. The van der Waals surface area contributed by atoms with Gasteiger partial charge in [-0.25, -0.2) is 32.4 Å². The fraction of sp³-hybridized carbons (Fsp3) is 0.400. The molecule has 2 N–H and O–H groups in total. The highest BCUT2D eigenvalue weighted by molar-refractivity contribution is 7.90. The zero-order chi connectivity index (χ0) is 27.9. The number of anilines is 3. The van der Waals surface area contributed by atoms with Gasteiger partial charge in [0.2, 0.25) is 0 Å². The van der Waals surface area contributed by atoms with Crippen LogP contribution < -0.4 is 10.6 Å². The summed E-state index contributed by atoms with van der Waals surface area (Å²) in [5.74, 6) is 1.05. The van der Waals surface area contributed by atoms with Crippen LogP contribution >= 0.6 is 0 Å². The molecule has 0 spiro atoms. The number of nitrogens with one attached hydrogen (secondary N) is 2. The molecule has 4 aromatic rings. The van der Waals surface area contributed by atoms with E-state index in [1.54, 1.807) is 12.1 Å². The highest BCUT2D eigenvalue weighted by Crippen LogP contribution is 2.33. The van der Waals surface area contributed by atoms with Gasteiger partial charge in [-0.2, -0.15) is 23.1 Å². The van der Waals surface area contributed by atoms with Crippen LogP contribution in [-0.2, 0) is 10.0 Å². The van der Waals surface area contributed by atoms with E-state index in [9.17, 15) is 21.6 Å². The van der Waals surface area contributed by atoms with E-state index >= 15 is 0 Å². The second-order valence-corrected chi connectivity index (χ2v) is 12.0. The summed E-state index contributed by atoms with van der Waals surface area (Å²) in [6.07, 6.45) is 9.73. The summed E-state index contributed by atoms with van der Waals surface area (Å²) in [7, 11) is -3.52. The van der Waals surface area contributed by atoms with Crippen molar-refractivity contribution in [3.63, 3.8) is 0 Å². The van der Waals surface area contributed by atoms with Gasteiger partial charge in [0, 0.05) is 41.9 Å². The lowest BCUT2D eigenvalue weighted by atomic mass is 9.93. The van der Waals surface area contributed by atoms with Crippen molar-refractivity contribution in [1.29, 1.82) is 0 Å². The first-order valence-corrected chi connectivity index (χ1v) is 14.4. The molecule has 11 nitrogen and oxygen atoms in total. The lowest BCUT2D eigenvalue weighted by Gasteiger charge is -2.27. The Morgan fingerprint density at radius 3 is 2.65 bits per heavy atom. The molecule has 0 bridgehead atoms. The summed E-state index contributed by atoms with van der Waals surface area (Å²) in [5, 5.41) is 14.0. The molecule has 2 aliphatic rings. The van der Waals surface area contributed by atoms with Crippen LogP contribution in [0.15, 0.2) is 49.2 Å². The van der Waals surface area contributed by atoms with Gasteiger partial charge in [0.1, 0.15) is 17.8 Å². The van der Waals surface area contributed by atoms with Crippen molar-refractivity contribution in [3.05, 3.63) is 49.2 Å². The molecular weight excluding hydrogens is 547 g/mol. The van der Waals surface area contributed by atoms with Crippen molar-refractivity contribution in [2.24, 2.45) is 0 Å². The fourth-order valence-corrected chi connectivity index (χ4v) is 6.17. The van der Waals surface area contributed by atoms with Crippen molar-refractivity contribution >= 4 is 27.3 Å². The summed E-state index contributed by atoms with van der Waals surface area (Å²) >= 11 is 0. The van der Waals surface area contributed by atoms with Gasteiger partial charge in [0.05, 0.1) is 28.9 Å². The Labute approximate surface area is 227 Å². The smallest absolute Gasteiger partial charge is 0.333 e. The average molecular weight is 574 g/mol. The molecule has 6 rings (SSSR count). The number of nitrogens with zero attached hydrogens (tertiary/aromatic N) is 7. The largest absolute Gasteiger partial charge is 0.382 e. The second-order valence-electron chi connectivity index (χ2n) is 9.92. The molecule has 4 heterocycles. The van der Waals surface area contributed by atoms with Crippen LogP contribution in [0, 0.1) is 0 Å². The minimum absolute atomic E-state index is 0.135. The number of pyridine rings is 1. The number of hydrogen-bond acceptors (Lipinski definition) is 9. The number of aromatic nitrogens is 7. The first-order valence-electron chi connectivity index (χ1n) is 12.9. The predicted octanol–water partition coefficient (Wildman–Crippen LogP) is 4.77. The SMILES string of the molecule is O=S(=O)(C1CC1)n1cc(-c2nccc(Nc3cc(NC4CCCC(F)C4)c(-c4ccn(C(F)F)n4)cn3)n2)cn1. The van der Waals surface area contributed by atoms with E-state index < -0.39 is 28.0 Å². The molecule has 2 aliphatic carbocycles. The van der Waals surface area contributed by atoms with Gasteiger partial charge in [0.25, 0.3) is 10.0 Å². The van der Waals surface area contributed by atoms with Crippen molar-refractivity contribution in [1.82, 2.24) is 33.9 Å². The van der Waals surface area contributed by atoms with E-state index in [0.29, 0.717) is 64.5 Å². The van der Waals surface area contributed by atoms with Gasteiger partial charge in [-0.3, -0.25) is 0 Å². The molecule has 0 amide bonds. The maximum atomic E-state index is 14.1. The Bertz CT molecular complexity index is 1620. The molecule has 15 heteroatoms. The Kier molecular flexibility index (Phi) is 6.90. The molecule has 0 aromatic carbocycles. The molecule has 2 saturated carbocycles. The van der Waals surface area contributed by atoms with E-state index in [4.69, 9.17) is 0 Å². The van der Waals surface area contributed by atoms with E-state index in [0.717, 1.165) is 16.9 Å². The summed E-state index contributed by atoms with van der Waals surface area (Å²) in [5.41, 5.74) is 1.80. The third-order valence-electron chi connectivity index (χ3n) is 6.89. The fourth-order valence-electron chi connectivity index (χ4n) is 4.70. The van der Waals surface area contributed by atoms with Gasteiger partial charge in [-0.15, -0.1) is 0 Å². The quantitative estimate of drug-likeness (QED) is 0.291. The highest BCUT2D eigenvalue weighted by Gasteiger charge is 2.37. The summed E-state index contributed by atoms with van der Waals surface area (Å²) in [6.45, 7) is -2.78. The molecule has 0 radical (unpaired) electrons.